The number of hydrogen-bond donors (Lipinski definition) is 1. The van der Waals surface area contributed by atoms with Gasteiger partial charge in [-0.05, 0) is 47.7 Å². The molecular formula is C21H16ClFN2O5S. The Kier molecular flexibility index (Phi) is 6.15. The summed E-state index contributed by atoms with van der Waals surface area (Å²) in [4.78, 5) is 38.2. The van der Waals surface area contributed by atoms with Crippen molar-refractivity contribution in [2.45, 2.75) is 6.42 Å². The van der Waals surface area contributed by atoms with E-state index in [0.29, 0.717) is 17.1 Å². The monoisotopic (exact) mass is 462 g/mol. The first-order valence-corrected chi connectivity index (χ1v) is 10.5. The topological polar surface area (TPSA) is 84.9 Å². The molecule has 4 rings (SSSR count). The fourth-order valence-electron chi connectivity index (χ4n) is 3.08. The number of halogens is 2. The van der Waals surface area contributed by atoms with E-state index in [-0.39, 0.29) is 41.8 Å². The number of hydrogen-bond acceptors (Lipinski definition) is 6. The number of nitrogens with zero attached hydrogens (tertiary/aromatic N) is 1. The Hall–Kier alpha value is -3.04. The van der Waals surface area contributed by atoms with Crippen LogP contribution in [0, 0.1) is 5.82 Å². The lowest BCUT2D eigenvalue weighted by atomic mass is 10.1. The predicted octanol–water partition coefficient (Wildman–Crippen LogP) is 3.60. The van der Waals surface area contributed by atoms with Gasteiger partial charge in [0.25, 0.3) is 11.1 Å². The smallest absolute Gasteiger partial charge is 0.293 e. The van der Waals surface area contributed by atoms with Gasteiger partial charge in [0.05, 0.1) is 11.3 Å². The molecule has 0 saturated carbocycles. The summed E-state index contributed by atoms with van der Waals surface area (Å²) < 4.78 is 24.4. The molecule has 7 nitrogen and oxygen atoms in total. The standard InChI is InChI=1S/C21H16ClFN2O5S/c22-14-2-1-3-15(23)13(14)10-19(26)24-6-7-25-20(27)18(31-21(25)28)9-12-4-5-16-17(8-12)30-11-29-16/h1-5,8-9H,6-7,10-11H2,(H,24,26)/b18-9-. The Morgan fingerprint density at radius 3 is 2.84 bits per heavy atom. The second-order valence-electron chi connectivity index (χ2n) is 6.67. The van der Waals surface area contributed by atoms with Crippen molar-refractivity contribution in [3.63, 3.8) is 0 Å². The summed E-state index contributed by atoms with van der Waals surface area (Å²) in [5.74, 6) is -0.278. The SMILES string of the molecule is O=C(Cc1c(F)cccc1Cl)NCCN1C(=O)S/C(=C\c2ccc3c(c2)OCO3)C1=O. The second kappa shape index (κ2) is 8.99. The van der Waals surface area contributed by atoms with Gasteiger partial charge in [0.1, 0.15) is 5.82 Å². The molecule has 2 heterocycles. The van der Waals surface area contributed by atoms with E-state index < -0.39 is 22.9 Å². The van der Waals surface area contributed by atoms with E-state index in [1.807, 2.05) is 0 Å². The average Bonchev–Trinajstić information content (AvgIpc) is 3.30. The Labute approximate surface area is 186 Å². The average molecular weight is 463 g/mol. The minimum Gasteiger partial charge on any atom is -0.454 e. The molecule has 1 fully saturated rings. The Balaban J connectivity index is 1.34. The van der Waals surface area contributed by atoms with Gasteiger partial charge in [0, 0.05) is 23.7 Å². The van der Waals surface area contributed by atoms with Gasteiger partial charge in [-0.2, -0.15) is 0 Å². The van der Waals surface area contributed by atoms with Gasteiger partial charge in [-0.1, -0.05) is 23.7 Å². The van der Waals surface area contributed by atoms with Crippen molar-refractivity contribution >= 4 is 46.5 Å². The number of carbonyl (C=O) groups is 3. The molecule has 0 spiro atoms. The zero-order valence-electron chi connectivity index (χ0n) is 16.0. The van der Waals surface area contributed by atoms with Gasteiger partial charge < -0.3 is 14.8 Å². The minimum absolute atomic E-state index is 0.000110. The molecule has 1 N–H and O–H groups in total. The van der Waals surface area contributed by atoms with Gasteiger partial charge in [0.2, 0.25) is 12.7 Å². The molecule has 3 amide bonds. The van der Waals surface area contributed by atoms with Crippen LogP contribution in [0.2, 0.25) is 5.02 Å². The van der Waals surface area contributed by atoms with Gasteiger partial charge in [-0.3, -0.25) is 19.3 Å². The van der Waals surface area contributed by atoms with Crippen LogP contribution in [-0.4, -0.2) is 41.8 Å². The third kappa shape index (κ3) is 4.67. The van der Waals surface area contributed by atoms with Crippen LogP contribution < -0.4 is 14.8 Å². The first-order chi connectivity index (χ1) is 14.9. The number of fused-ring (bicyclic) bond motifs is 1. The number of carbonyl (C=O) groups excluding carboxylic acids is 3. The van der Waals surface area contributed by atoms with E-state index >= 15 is 0 Å². The van der Waals surface area contributed by atoms with Crippen LogP contribution in [0.3, 0.4) is 0 Å². The van der Waals surface area contributed by atoms with Crippen molar-refractivity contribution in [2.24, 2.45) is 0 Å². The maximum atomic E-state index is 13.8. The molecule has 0 radical (unpaired) electrons. The van der Waals surface area contributed by atoms with Crippen molar-refractivity contribution in [3.8, 4) is 11.5 Å². The zero-order valence-corrected chi connectivity index (χ0v) is 17.6. The number of thioether (sulfide) groups is 1. The minimum atomic E-state index is -0.567. The molecule has 0 aliphatic carbocycles. The predicted molar refractivity (Wildman–Crippen MR) is 113 cm³/mol. The van der Waals surface area contributed by atoms with Gasteiger partial charge in [-0.15, -0.1) is 0 Å². The van der Waals surface area contributed by atoms with E-state index in [0.717, 1.165) is 16.7 Å². The molecule has 0 atom stereocenters. The van der Waals surface area contributed by atoms with Crippen LogP contribution in [0.25, 0.3) is 6.08 Å². The maximum absolute atomic E-state index is 13.8. The van der Waals surface area contributed by atoms with Crippen LogP contribution in [0.4, 0.5) is 9.18 Å². The largest absolute Gasteiger partial charge is 0.454 e. The molecule has 2 aromatic carbocycles. The van der Waals surface area contributed by atoms with Gasteiger partial charge in [-0.25, -0.2) is 4.39 Å². The molecule has 31 heavy (non-hydrogen) atoms. The summed E-state index contributed by atoms with van der Waals surface area (Å²) in [5, 5.41) is 2.31. The van der Waals surface area contributed by atoms with Crippen LogP contribution in [0.5, 0.6) is 11.5 Å². The third-order valence-corrected chi connectivity index (χ3v) is 5.89. The highest BCUT2D eigenvalue weighted by molar-refractivity contribution is 8.18. The van der Waals surface area contributed by atoms with E-state index in [9.17, 15) is 18.8 Å². The van der Waals surface area contributed by atoms with E-state index in [2.05, 4.69) is 5.32 Å². The summed E-state index contributed by atoms with van der Waals surface area (Å²) in [6.45, 7) is 0.185. The number of rotatable bonds is 6. The lowest BCUT2D eigenvalue weighted by Crippen LogP contribution is -2.37. The number of benzene rings is 2. The first-order valence-electron chi connectivity index (χ1n) is 9.27. The lowest BCUT2D eigenvalue weighted by Gasteiger charge is -2.13. The molecule has 2 aliphatic heterocycles. The van der Waals surface area contributed by atoms with Crippen molar-refractivity contribution in [3.05, 3.63) is 63.3 Å². The van der Waals surface area contributed by atoms with Crippen molar-refractivity contribution in [1.82, 2.24) is 10.2 Å². The molecule has 1 saturated heterocycles. The fourth-order valence-corrected chi connectivity index (χ4v) is 4.17. The summed E-state index contributed by atoms with van der Waals surface area (Å²) in [5.41, 5.74) is 0.796. The Morgan fingerprint density at radius 2 is 2.03 bits per heavy atom. The van der Waals surface area contributed by atoms with Crippen molar-refractivity contribution in [2.75, 3.05) is 19.9 Å². The number of imide groups is 1. The quantitative estimate of drug-likeness (QED) is 0.660. The normalized spacial score (nSPS) is 16.3. The molecule has 2 aliphatic rings. The highest BCUT2D eigenvalue weighted by Gasteiger charge is 2.34. The van der Waals surface area contributed by atoms with Gasteiger partial charge in [0.15, 0.2) is 11.5 Å². The van der Waals surface area contributed by atoms with Gasteiger partial charge >= 0.3 is 0 Å². The summed E-state index contributed by atoms with van der Waals surface area (Å²) in [7, 11) is 0. The molecular weight excluding hydrogens is 447 g/mol. The Morgan fingerprint density at radius 1 is 1.23 bits per heavy atom. The van der Waals surface area contributed by atoms with E-state index in [4.69, 9.17) is 21.1 Å². The van der Waals surface area contributed by atoms with Crippen LogP contribution >= 0.6 is 23.4 Å². The summed E-state index contributed by atoms with van der Waals surface area (Å²) in [6, 6.07) is 9.40. The number of nitrogens with one attached hydrogen (secondary N) is 1. The first kappa shape index (κ1) is 21.2. The number of ether oxygens (including phenoxy) is 2. The lowest BCUT2D eigenvalue weighted by molar-refractivity contribution is -0.124. The second-order valence-corrected chi connectivity index (χ2v) is 8.07. The van der Waals surface area contributed by atoms with E-state index in [1.165, 1.54) is 18.2 Å². The molecule has 0 unspecified atom stereocenters. The molecule has 10 heteroatoms. The van der Waals surface area contributed by atoms with E-state index in [1.54, 1.807) is 24.3 Å². The van der Waals surface area contributed by atoms with Crippen LogP contribution in [0.15, 0.2) is 41.3 Å². The highest BCUT2D eigenvalue weighted by atomic mass is 35.5. The zero-order chi connectivity index (χ0) is 22.0. The van der Waals surface area contributed by atoms with Crippen LogP contribution in [-0.2, 0) is 16.0 Å². The molecule has 2 aromatic rings. The molecule has 160 valence electrons. The summed E-state index contributed by atoms with van der Waals surface area (Å²) in [6.07, 6.45) is 1.36. The van der Waals surface area contributed by atoms with Crippen molar-refractivity contribution < 1.29 is 28.2 Å². The molecule has 0 bridgehead atoms. The third-order valence-electron chi connectivity index (χ3n) is 4.62. The summed E-state index contributed by atoms with van der Waals surface area (Å²) >= 11 is 6.74. The fraction of sp³-hybridized carbons (Fsp3) is 0.190. The molecule has 0 aromatic heterocycles. The maximum Gasteiger partial charge on any atom is 0.293 e. The highest BCUT2D eigenvalue weighted by Crippen LogP contribution is 2.36. The van der Waals surface area contributed by atoms with Crippen molar-refractivity contribution in [1.29, 1.82) is 0 Å². The number of amides is 3. The Bertz CT molecular complexity index is 1090. The van der Waals surface area contributed by atoms with Crippen LogP contribution in [0.1, 0.15) is 11.1 Å².